The smallest absolute Gasteiger partial charge is 0.0448 e. The molecule has 2 aliphatic carbocycles. The van der Waals surface area contributed by atoms with Crippen molar-refractivity contribution in [2.75, 3.05) is 18.0 Å². The highest BCUT2D eigenvalue weighted by Crippen LogP contribution is 2.38. The van der Waals surface area contributed by atoms with Crippen LogP contribution in [0.15, 0.2) is 12.3 Å². The Kier molecular flexibility index (Phi) is 3.74. The number of aromatic nitrogens is 1. The summed E-state index contributed by atoms with van der Waals surface area (Å²) in [6.45, 7) is 7.46. The average Bonchev–Trinajstić information content (AvgIpc) is 3.27. The molecular weight excluding hydrogens is 234 g/mol. The zero-order chi connectivity index (χ0) is 13.2. The first-order valence-corrected chi connectivity index (χ1v) is 7.70. The molecule has 3 nitrogen and oxygen atoms in total. The number of hydrogen-bond donors (Lipinski definition) is 1. The van der Waals surface area contributed by atoms with E-state index in [0.717, 1.165) is 30.7 Å². The van der Waals surface area contributed by atoms with Crippen LogP contribution in [0.25, 0.3) is 0 Å². The van der Waals surface area contributed by atoms with Gasteiger partial charge in [-0.3, -0.25) is 4.98 Å². The molecule has 0 bridgehead atoms. The Labute approximate surface area is 116 Å². The molecule has 2 saturated carbocycles. The number of anilines is 1. The third-order valence-electron chi connectivity index (χ3n) is 4.11. The maximum Gasteiger partial charge on any atom is 0.0448 e. The summed E-state index contributed by atoms with van der Waals surface area (Å²) < 4.78 is 0. The highest BCUT2D eigenvalue weighted by Gasteiger charge is 2.34. The molecule has 1 aromatic rings. The van der Waals surface area contributed by atoms with E-state index in [0.29, 0.717) is 0 Å². The van der Waals surface area contributed by atoms with Gasteiger partial charge in [0, 0.05) is 42.3 Å². The summed E-state index contributed by atoms with van der Waals surface area (Å²) in [6.07, 6.45) is 7.66. The fraction of sp³-hybridized carbons (Fsp3) is 0.688. The summed E-state index contributed by atoms with van der Waals surface area (Å²) in [4.78, 5) is 7.15. The Morgan fingerprint density at radius 1 is 1.32 bits per heavy atom. The SMILES string of the molecule is CCNCc1cnc(C)cc1N(CC1CC1)C1CC1. The van der Waals surface area contributed by atoms with Crippen molar-refractivity contribution in [2.45, 2.75) is 52.1 Å². The van der Waals surface area contributed by atoms with Crippen LogP contribution in [0.3, 0.4) is 0 Å². The van der Waals surface area contributed by atoms with E-state index < -0.39 is 0 Å². The summed E-state index contributed by atoms with van der Waals surface area (Å²) >= 11 is 0. The maximum absolute atomic E-state index is 4.48. The van der Waals surface area contributed by atoms with E-state index in [2.05, 4.69) is 41.3 Å². The molecule has 0 unspecified atom stereocenters. The van der Waals surface area contributed by atoms with E-state index in [1.165, 1.54) is 43.5 Å². The minimum atomic E-state index is 0.794. The van der Waals surface area contributed by atoms with Crippen molar-refractivity contribution < 1.29 is 0 Å². The summed E-state index contributed by atoms with van der Waals surface area (Å²) in [7, 11) is 0. The minimum Gasteiger partial charge on any atom is -0.368 e. The second kappa shape index (κ2) is 5.49. The Bertz CT molecular complexity index is 436. The molecule has 3 heteroatoms. The first kappa shape index (κ1) is 12.9. The van der Waals surface area contributed by atoms with Gasteiger partial charge in [0.15, 0.2) is 0 Å². The number of pyridine rings is 1. The molecule has 0 amide bonds. The van der Waals surface area contributed by atoms with Crippen molar-refractivity contribution >= 4 is 5.69 Å². The fourth-order valence-corrected chi connectivity index (χ4v) is 2.65. The second-order valence-electron chi connectivity index (χ2n) is 6.06. The summed E-state index contributed by atoms with van der Waals surface area (Å²) in [5, 5.41) is 3.44. The van der Waals surface area contributed by atoms with E-state index in [1.54, 1.807) is 0 Å². The van der Waals surface area contributed by atoms with E-state index in [-0.39, 0.29) is 0 Å². The van der Waals surface area contributed by atoms with Gasteiger partial charge in [0.25, 0.3) is 0 Å². The van der Waals surface area contributed by atoms with E-state index in [1.807, 2.05) is 0 Å². The Balaban J connectivity index is 1.83. The third-order valence-corrected chi connectivity index (χ3v) is 4.11. The zero-order valence-electron chi connectivity index (χ0n) is 12.2. The van der Waals surface area contributed by atoms with Crippen LogP contribution in [0.5, 0.6) is 0 Å². The molecule has 0 spiro atoms. The van der Waals surface area contributed by atoms with Gasteiger partial charge in [-0.2, -0.15) is 0 Å². The standard InChI is InChI=1S/C16H25N3/c1-3-17-9-14-10-18-12(2)8-16(14)19(15-6-7-15)11-13-4-5-13/h8,10,13,15,17H,3-7,9,11H2,1-2H3. The Hall–Kier alpha value is -1.09. The number of nitrogens with one attached hydrogen (secondary N) is 1. The van der Waals surface area contributed by atoms with Gasteiger partial charge in [-0.15, -0.1) is 0 Å². The van der Waals surface area contributed by atoms with Crippen molar-refractivity contribution in [3.8, 4) is 0 Å². The molecule has 0 atom stereocenters. The maximum atomic E-state index is 4.48. The van der Waals surface area contributed by atoms with Crippen LogP contribution in [0.2, 0.25) is 0 Å². The fourth-order valence-electron chi connectivity index (χ4n) is 2.65. The molecule has 0 saturated heterocycles. The lowest BCUT2D eigenvalue weighted by Crippen LogP contribution is -2.30. The quantitative estimate of drug-likeness (QED) is 0.816. The van der Waals surface area contributed by atoms with Gasteiger partial charge in [-0.05, 0) is 51.1 Å². The highest BCUT2D eigenvalue weighted by molar-refractivity contribution is 5.55. The van der Waals surface area contributed by atoms with Crippen molar-refractivity contribution in [1.29, 1.82) is 0 Å². The molecule has 19 heavy (non-hydrogen) atoms. The monoisotopic (exact) mass is 259 g/mol. The highest BCUT2D eigenvalue weighted by atomic mass is 15.2. The van der Waals surface area contributed by atoms with E-state index in [9.17, 15) is 0 Å². The molecule has 1 heterocycles. The molecule has 104 valence electrons. The molecule has 1 N–H and O–H groups in total. The van der Waals surface area contributed by atoms with Crippen LogP contribution >= 0.6 is 0 Å². The normalized spacial score (nSPS) is 18.6. The lowest BCUT2D eigenvalue weighted by molar-refractivity contribution is 0.691. The van der Waals surface area contributed by atoms with Crippen LogP contribution in [-0.4, -0.2) is 24.1 Å². The topological polar surface area (TPSA) is 28.2 Å². The lowest BCUT2D eigenvalue weighted by atomic mass is 10.1. The molecular formula is C16H25N3. The van der Waals surface area contributed by atoms with Crippen molar-refractivity contribution in [3.63, 3.8) is 0 Å². The van der Waals surface area contributed by atoms with Crippen molar-refractivity contribution in [1.82, 2.24) is 10.3 Å². The number of hydrogen-bond acceptors (Lipinski definition) is 3. The second-order valence-corrected chi connectivity index (χ2v) is 6.06. The molecule has 2 fully saturated rings. The van der Waals surface area contributed by atoms with E-state index >= 15 is 0 Å². The van der Waals surface area contributed by atoms with Crippen LogP contribution in [-0.2, 0) is 6.54 Å². The van der Waals surface area contributed by atoms with Gasteiger partial charge in [0.05, 0.1) is 0 Å². The van der Waals surface area contributed by atoms with Gasteiger partial charge in [0.2, 0.25) is 0 Å². The average molecular weight is 259 g/mol. The third kappa shape index (κ3) is 3.27. The zero-order valence-corrected chi connectivity index (χ0v) is 12.2. The largest absolute Gasteiger partial charge is 0.368 e. The number of nitrogens with zero attached hydrogens (tertiary/aromatic N) is 2. The lowest BCUT2D eigenvalue weighted by Gasteiger charge is -2.27. The summed E-state index contributed by atoms with van der Waals surface area (Å²) in [6, 6.07) is 3.08. The van der Waals surface area contributed by atoms with Gasteiger partial charge in [0.1, 0.15) is 0 Å². The molecule has 2 aliphatic rings. The molecule has 3 rings (SSSR count). The minimum absolute atomic E-state index is 0.794. The Morgan fingerprint density at radius 2 is 2.11 bits per heavy atom. The molecule has 0 aromatic carbocycles. The number of rotatable bonds is 7. The first-order valence-electron chi connectivity index (χ1n) is 7.70. The van der Waals surface area contributed by atoms with Gasteiger partial charge >= 0.3 is 0 Å². The summed E-state index contributed by atoms with van der Waals surface area (Å²) in [5.74, 6) is 0.945. The van der Waals surface area contributed by atoms with Crippen LogP contribution in [0.1, 0.15) is 43.9 Å². The molecule has 1 aromatic heterocycles. The first-order chi connectivity index (χ1) is 9.28. The molecule has 0 radical (unpaired) electrons. The van der Waals surface area contributed by atoms with E-state index in [4.69, 9.17) is 0 Å². The van der Waals surface area contributed by atoms with Crippen molar-refractivity contribution in [2.24, 2.45) is 5.92 Å². The molecule has 0 aliphatic heterocycles. The van der Waals surface area contributed by atoms with Crippen LogP contribution in [0, 0.1) is 12.8 Å². The summed E-state index contributed by atoms with van der Waals surface area (Å²) in [5.41, 5.74) is 3.93. The van der Waals surface area contributed by atoms with Crippen molar-refractivity contribution in [3.05, 3.63) is 23.5 Å². The van der Waals surface area contributed by atoms with Gasteiger partial charge in [-0.1, -0.05) is 6.92 Å². The van der Waals surface area contributed by atoms with Gasteiger partial charge in [-0.25, -0.2) is 0 Å². The van der Waals surface area contributed by atoms with Gasteiger partial charge < -0.3 is 10.2 Å². The predicted octanol–water partition coefficient (Wildman–Crippen LogP) is 2.88. The van der Waals surface area contributed by atoms with Crippen LogP contribution in [0.4, 0.5) is 5.69 Å². The predicted molar refractivity (Wildman–Crippen MR) is 79.4 cm³/mol. The Morgan fingerprint density at radius 3 is 2.74 bits per heavy atom. The number of aryl methyl sites for hydroxylation is 1. The van der Waals surface area contributed by atoms with Crippen LogP contribution < -0.4 is 10.2 Å².